The van der Waals surface area contributed by atoms with Crippen molar-refractivity contribution in [2.75, 3.05) is 27.2 Å². The maximum atomic E-state index is 11.5. The molecular weight excluding hydrogens is 214 g/mol. The third-order valence-electron chi connectivity index (χ3n) is 3.60. The molecule has 0 aromatic heterocycles. The summed E-state index contributed by atoms with van der Waals surface area (Å²) in [7, 11) is 4.07. The number of carbonyl (C=O) groups is 1. The molecule has 1 fully saturated rings. The van der Waals surface area contributed by atoms with Crippen LogP contribution in [0.3, 0.4) is 0 Å². The summed E-state index contributed by atoms with van der Waals surface area (Å²) in [5.74, 6) is 0.257. The summed E-state index contributed by atoms with van der Waals surface area (Å²) < 4.78 is 0. The highest BCUT2D eigenvalue weighted by Gasteiger charge is 2.26. The smallest absolute Gasteiger partial charge is 0.234 e. The summed E-state index contributed by atoms with van der Waals surface area (Å²) in [6.07, 6.45) is 7.37. The molecule has 0 saturated heterocycles. The number of likely N-dealkylation sites (N-methyl/N-ethyl adjacent to an activating group) is 1. The van der Waals surface area contributed by atoms with Crippen molar-refractivity contribution in [3.63, 3.8) is 0 Å². The summed E-state index contributed by atoms with van der Waals surface area (Å²) in [6.45, 7) is 1.77. The number of carbonyl (C=O) groups excluding carboxylic acids is 1. The van der Waals surface area contributed by atoms with Crippen LogP contribution in [-0.2, 0) is 4.79 Å². The van der Waals surface area contributed by atoms with E-state index in [0.29, 0.717) is 5.92 Å². The summed E-state index contributed by atoms with van der Waals surface area (Å²) in [5.41, 5.74) is 5.52. The van der Waals surface area contributed by atoms with Gasteiger partial charge in [0.1, 0.15) is 0 Å². The Morgan fingerprint density at radius 2 is 1.88 bits per heavy atom. The first-order valence-corrected chi connectivity index (χ1v) is 6.78. The summed E-state index contributed by atoms with van der Waals surface area (Å²) >= 11 is 0. The van der Waals surface area contributed by atoms with Crippen LogP contribution in [0.15, 0.2) is 0 Å². The minimum atomic E-state index is -0.185. The topological polar surface area (TPSA) is 58.4 Å². The largest absolute Gasteiger partial charge is 0.368 e. The quantitative estimate of drug-likeness (QED) is 0.681. The van der Waals surface area contributed by atoms with E-state index in [1.807, 2.05) is 14.1 Å². The molecule has 1 rings (SSSR count). The average Bonchev–Trinajstić information content (AvgIpc) is 2.52. The van der Waals surface area contributed by atoms with Gasteiger partial charge in [0.15, 0.2) is 0 Å². The Balaban J connectivity index is 2.42. The zero-order valence-electron chi connectivity index (χ0n) is 11.2. The Kier molecular flexibility index (Phi) is 6.52. The number of nitrogens with zero attached hydrogens (tertiary/aromatic N) is 1. The van der Waals surface area contributed by atoms with Crippen molar-refractivity contribution >= 4 is 5.91 Å². The molecule has 0 aromatic carbocycles. The van der Waals surface area contributed by atoms with Crippen LogP contribution < -0.4 is 11.1 Å². The van der Waals surface area contributed by atoms with Gasteiger partial charge in [0, 0.05) is 13.1 Å². The fourth-order valence-corrected chi connectivity index (χ4v) is 2.59. The zero-order chi connectivity index (χ0) is 12.7. The summed E-state index contributed by atoms with van der Waals surface area (Å²) in [5, 5.41) is 3.33. The Morgan fingerprint density at radius 3 is 2.35 bits per heavy atom. The number of nitrogens with one attached hydrogen (secondary N) is 1. The molecule has 1 unspecified atom stereocenters. The lowest BCUT2D eigenvalue weighted by molar-refractivity contribution is -0.121. The lowest BCUT2D eigenvalue weighted by Gasteiger charge is -2.25. The first-order valence-electron chi connectivity index (χ1n) is 6.78. The van der Waals surface area contributed by atoms with Crippen molar-refractivity contribution in [3.05, 3.63) is 0 Å². The number of hydrogen-bond acceptors (Lipinski definition) is 3. The molecule has 0 radical (unpaired) electrons. The van der Waals surface area contributed by atoms with Gasteiger partial charge in [-0.3, -0.25) is 4.79 Å². The average molecular weight is 241 g/mol. The molecule has 0 aliphatic heterocycles. The van der Waals surface area contributed by atoms with Crippen LogP contribution >= 0.6 is 0 Å². The van der Waals surface area contributed by atoms with Crippen LogP contribution in [0.4, 0.5) is 0 Å². The van der Waals surface area contributed by atoms with E-state index in [1.165, 1.54) is 25.7 Å². The molecule has 1 saturated carbocycles. The second kappa shape index (κ2) is 7.67. The van der Waals surface area contributed by atoms with E-state index in [0.717, 1.165) is 25.9 Å². The normalized spacial score (nSPS) is 20.2. The monoisotopic (exact) mass is 241 g/mol. The highest BCUT2D eigenvalue weighted by atomic mass is 16.1. The molecule has 0 aromatic rings. The van der Waals surface area contributed by atoms with E-state index < -0.39 is 0 Å². The van der Waals surface area contributed by atoms with Crippen molar-refractivity contribution in [1.29, 1.82) is 0 Å². The van der Waals surface area contributed by atoms with E-state index in [4.69, 9.17) is 5.73 Å². The van der Waals surface area contributed by atoms with E-state index in [9.17, 15) is 4.79 Å². The van der Waals surface area contributed by atoms with E-state index >= 15 is 0 Å². The van der Waals surface area contributed by atoms with Gasteiger partial charge < -0.3 is 16.0 Å². The van der Waals surface area contributed by atoms with Crippen LogP contribution in [0.2, 0.25) is 0 Å². The number of rotatable bonds is 6. The number of hydrogen-bond donors (Lipinski definition) is 2. The fourth-order valence-electron chi connectivity index (χ4n) is 2.59. The maximum absolute atomic E-state index is 11.5. The Morgan fingerprint density at radius 1 is 1.29 bits per heavy atom. The maximum Gasteiger partial charge on any atom is 0.234 e. The number of amides is 1. The van der Waals surface area contributed by atoms with Crippen LogP contribution in [0.1, 0.15) is 38.5 Å². The minimum Gasteiger partial charge on any atom is -0.368 e. The van der Waals surface area contributed by atoms with Gasteiger partial charge in [-0.15, -0.1) is 0 Å². The standard InChI is InChI=1S/C13H27N3O/c1-16(2)10-9-15-12(13(14)17)11-7-5-3-4-6-8-11/h11-12,15H,3-10H2,1-2H3,(H2,14,17). The molecule has 17 heavy (non-hydrogen) atoms. The molecule has 4 heteroatoms. The summed E-state index contributed by atoms with van der Waals surface area (Å²) in [4.78, 5) is 13.6. The van der Waals surface area contributed by atoms with Crippen molar-refractivity contribution in [3.8, 4) is 0 Å². The molecule has 1 aliphatic carbocycles. The molecule has 0 heterocycles. The third-order valence-corrected chi connectivity index (χ3v) is 3.60. The van der Waals surface area contributed by atoms with Crippen LogP contribution in [-0.4, -0.2) is 44.0 Å². The van der Waals surface area contributed by atoms with Gasteiger partial charge in [0.05, 0.1) is 6.04 Å². The van der Waals surface area contributed by atoms with Crippen molar-refractivity contribution < 1.29 is 4.79 Å². The first kappa shape index (κ1) is 14.5. The molecule has 1 atom stereocenters. The van der Waals surface area contributed by atoms with Gasteiger partial charge in [-0.1, -0.05) is 25.7 Å². The van der Waals surface area contributed by atoms with E-state index in [1.54, 1.807) is 0 Å². The van der Waals surface area contributed by atoms with Crippen molar-refractivity contribution in [2.24, 2.45) is 11.7 Å². The van der Waals surface area contributed by atoms with E-state index in [-0.39, 0.29) is 11.9 Å². The van der Waals surface area contributed by atoms with Crippen LogP contribution in [0, 0.1) is 5.92 Å². The second-order valence-corrected chi connectivity index (χ2v) is 5.39. The third kappa shape index (κ3) is 5.50. The Labute approximate surface area is 105 Å². The van der Waals surface area contributed by atoms with Crippen LogP contribution in [0.5, 0.6) is 0 Å². The van der Waals surface area contributed by atoms with Crippen LogP contribution in [0.25, 0.3) is 0 Å². The molecule has 3 N–H and O–H groups in total. The van der Waals surface area contributed by atoms with Gasteiger partial charge in [0.25, 0.3) is 0 Å². The highest BCUT2D eigenvalue weighted by Crippen LogP contribution is 2.25. The predicted octanol–water partition coefficient (Wildman–Crippen LogP) is 0.962. The van der Waals surface area contributed by atoms with Gasteiger partial charge in [-0.25, -0.2) is 0 Å². The predicted molar refractivity (Wildman–Crippen MR) is 70.7 cm³/mol. The minimum absolute atomic E-state index is 0.131. The molecule has 0 bridgehead atoms. The molecule has 1 amide bonds. The van der Waals surface area contributed by atoms with Gasteiger partial charge in [-0.05, 0) is 32.9 Å². The number of primary amides is 1. The molecular formula is C13H27N3O. The summed E-state index contributed by atoms with van der Waals surface area (Å²) in [6, 6.07) is -0.131. The van der Waals surface area contributed by atoms with E-state index in [2.05, 4.69) is 10.2 Å². The SMILES string of the molecule is CN(C)CCNC(C(N)=O)C1CCCCCC1. The van der Waals surface area contributed by atoms with Crippen molar-refractivity contribution in [1.82, 2.24) is 10.2 Å². The number of nitrogens with two attached hydrogens (primary N) is 1. The lowest BCUT2D eigenvalue weighted by Crippen LogP contribution is -2.48. The van der Waals surface area contributed by atoms with Crippen molar-refractivity contribution in [2.45, 2.75) is 44.6 Å². The van der Waals surface area contributed by atoms with Gasteiger partial charge in [0.2, 0.25) is 5.91 Å². The zero-order valence-corrected chi connectivity index (χ0v) is 11.2. The Bertz CT molecular complexity index is 223. The fraction of sp³-hybridized carbons (Fsp3) is 0.923. The molecule has 1 aliphatic rings. The molecule has 0 spiro atoms. The lowest BCUT2D eigenvalue weighted by atomic mass is 9.91. The highest BCUT2D eigenvalue weighted by molar-refractivity contribution is 5.80. The molecule has 100 valence electrons. The molecule has 4 nitrogen and oxygen atoms in total. The first-order chi connectivity index (χ1) is 8.11. The van der Waals surface area contributed by atoms with Gasteiger partial charge in [-0.2, -0.15) is 0 Å². The second-order valence-electron chi connectivity index (χ2n) is 5.39. The van der Waals surface area contributed by atoms with Gasteiger partial charge >= 0.3 is 0 Å². The Hall–Kier alpha value is -0.610.